The van der Waals surface area contributed by atoms with Crippen LogP contribution in [-0.2, 0) is 9.47 Å². The Morgan fingerprint density at radius 1 is 1.44 bits per heavy atom. The highest BCUT2D eigenvalue weighted by Crippen LogP contribution is 2.38. The molecule has 3 atom stereocenters. The van der Waals surface area contributed by atoms with E-state index in [-0.39, 0.29) is 11.7 Å². The Balaban J connectivity index is 2.49. The third-order valence-corrected chi connectivity index (χ3v) is 3.83. The van der Waals surface area contributed by atoms with Crippen LogP contribution < -0.4 is 0 Å². The van der Waals surface area contributed by atoms with Gasteiger partial charge in [-0.05, 0) is 31.6 Å². The van der Waals surface area contributed by atoms with Crippen LogP contribution in [0.4, 0.5) is 0 Å². The maximum atomic E-state index is 10.3. The summed E-state index contributed by atoms with van der Waals surface area (Å²) in [5.41, 5.74) is -0.300. The Hall–Kier alpha value is -0.120. The van der Waals surface area contributed by atoms with E-state index in [0.717, 1.165) is 32.1 Å². The Morgan fingerprint density at radius 3 is 2.75 bits per heavy atom. The van der Waals surface area contributed by atoms with Gasteiger partial charge in [-0.2, -0.15) is 0 Å². The monoisotopic (exact) mass is 230 g/mol. The van der Waals surface area contributed by atoms with E-state index in [0.29, 0.717) is 12.5 Å². The standard InChI is InChI=1S/C13H26O3/c1-11-6-4-8-13(10-11,16-3)12(14)7-5-9-15-2/h11-12,14H,4-10H2,1-3H3. The van der Waals surface area contributed by atoms with Crippen LogP contribution in [0.5, 0.6) is 0 Å². The van der Waals surface area contributed by atoms with E-state index in [1.54, 1.807) is 14.2 Å². The Morgan fingerprint density at radius 2 is 2.19 bits per heavy atom. The van der Waals surface area contributed by atoms with Gasteiger partial charge in [-0.3, -0.25) is 0 Å². The van der Waals surface area contributed by atoms with Gasteiger partial charge in [-0.1, -0.05) is 19.8 Å². The highest BCUT2D eigenvalue weighted by Gasteiger charge is 2.40. The number of hydrogen-bond acceptors (Lipinski definition) is 3. The number of rotatable bonds is 6. The van der Waals surface area contributed by atoms with Crippen molar-refractivity contribution in [2.75, 3.05) is 20.8 Å². The van der Waals surface area contributed by atoms with Gasteiger partial charge < -0.3 is 14.6 Å². The predicted octanol–water partition coefficient (Wildman–Crippen LogP) is 2.37. The fourth-order valence-corrected chi connectivity index (χ4v) is 2.85. The molecule has 0 radical (unpaired) electrons. The SMILES string of the molecule is COCCCC(O)C1(OC)CCCC(C)C1. The lowest BCUT2D eigenvalue weighted by Gasteiger charge is -2.42. The van der Waals surface area contributed by atoms with Gasteiger partial charge in [0.15, 0.2) is 0 Å². The first-order chi connectivity index (χ1) is 7.64. The Kier molecular flexibility index (Phi) is 5.73. The van der Waals surface area contributed by atoms with Crippen LogP contribution >= 0.6 is 0 Å². The molecule has 96 valence electrons. The molecular formula is C13H26O3. The summed E-state index contributed by atoms with van der Waals surface area (Å²) in [6.45, 7) is 2.96. The molecule has 3 heteroatoms. The van der Waals surface area contributed by atoms with Crippen molar-refractivity contribution in [2.24, 2.45) is 5.92 Å². The highest BCUT2D eigenvalue weighted by molar-refractivity contribution is 4.92. The van der Waals surface area contributed by atoms with Crippen LogP contribution in [-0.4, -0.2) is 37.6 Å². The van der Waals surface area contributed by atoms with Crippen molar-refractivity contribution < 1.29 is 14.6 Å². The molecule has 1 rings (SSSR count). The molecule has 0 aromatic heterocycles. The average molecular weight is 230 g/mol. The summed E-state index contributed by atoms with van der Waals surface area (Å²) in [5, 5.41) is 10.3. The normalized spacial score (nSPS) is 32.6. The van der Waals surface area contributed by atoms with E-state index < -0.39 is 0 Å². The first kappa shape index (κ1) is 13.9. The summed E-state index contributed by atoms with van der Waals surface area (Å²) in [6, 6.07) is 0. The third-order valence-electron chi connectivity index (χ3n) is 3.83. The minimum Gasteiger partial charge on any atom is -0.390 e. The first-order valence-electron chi connectivity index (χ1n) is 6.37. The molecule has 1 aliphatic rings. The maximum Gasteiger partial charge on any atom is 0.0938 e. The van der Waals surface area contributed by atoms with Crippen LogP contribution in [0, 0.1) is 5.92 Å². The van der Waals surface area contributed by atoms with E-state index in [4.69, 9.17) is 9.47 Å². The minimum absolute atomic E-state index is 0.300. The summed E-state index contributed by atoms with van der Waals surface area (Å²) < 4.78 is 10.7. The molecule has 1 aliphatic carbocycles. The predicted molar refractivity (Wildman–Crippen MR) is 64.5 cm³/mol. The van der Waals surface area contributed by atoms with Crippen molar-refractivity contribution in [1.82, 2.24) is 0 Å². The summed E-state index contributed by atoms with van der Waals surface area (Å²) in [5.74, 6) is 0.658. The topological polar surface area (TPSA) is 38.7 Å². The molecule has 0 saturated heterocycles. The summed E-state index contributed by atoms with van der Waals surface area (Å²) in [6.07, 6.45) is 5.72. The molecule has 0 aromatic carbocycles. The summed E-state index contributed by atoms with van der Waals surface area (Å²) in [4.78, 5) is 0. The van der Waals surface area contributed by atoms with Gasteiger partial charge >= 0.3 is 0 Å². The van der Waals surface area contributed by atoms with Gasteiger partial charge in [-0.15, -0.1) is 0 Å². The molecule has 3 nitrogen and oxygen atoms in total. The summed E-state index contributed by atoms with van der Waals surface area (Å²) >= 11 is 0. The van der Waals surface area contributed by atoms with Gasteiger partial charge in [0.2, 0.25) is 0 Å². The van der Waals surface area contributed by atoms with Gasteiger partial charge in [-0.25, -0.2) is 0 Å². The molecule has 1 fully saturated rings. The van der Waals surface area contributed by atoms with Crippen molar-refractivity contribution in [1.29, 1.82) is 0 Å². The number of ether oxygens (including phenoxy) is 2. The third kappa shape index (κ3) is 3.44. The lowest BCUT2D eigenvalue weighted by atomic mass is 9.74. The van der Waals surface area contributed by atoms with Gasteiger partial charge in [0.05, 0.1) is 11.7 Å². The van der Waals surface area contributed by atoms with E-state index in [9.17, 15) is 5.11 Å². The lowest BCUT2D eigenvalue weighted by Crippen LogP contribution is -2.47. The second kappa shape index (κ2) is 6.58. The molecule has 0 spiro atoms. The maximum absolute atomic E-state index is 10.3. The number of aliphatic hydroxyl groups excluding tert-OH is 1. The van der Waals surface area contributed by atoms with Crippen molar-refractivity contribution in [3.8, 4) is 0 Å². The number of aliphatic hydroxyl groups is 1. The molecule has 0 bridgehead atoms. The zero-order chi connectivity index (χ0) is 12.0. The second-order valence-electron chi connectivity index (χ2n) is 5.12. The van der Waals surface area contributed by atoms with E-state index in [1.807, 2.05) is 0 Å². The fraction of sp³-hybridized carbons (Fsp3) is 1.00. The number of methoxy groups -OCH3 is 2. The van der Waals surface area contributed by atoms with Gasteiger partial charge in [0, 0.05) is 20.8 Å². The van der Waals surface area contributed by atoms with Crippen molar-refractivity contribution in [3.63, 3.8) is 0 Å². The molecule has 16 heavy (non-hydrogen) atoms. The van der Waals surface area contributed by atoms with Crippen molar-refractivity contribution >= 4 is 0 Å². The molecular weight excluding hydrogens is 204 g/mol. The van der Waals surface area contributed by atoms with Crippen LogP contribution in [0.3, 0.4) is 0 Å². The number of hydrogen-bond donors (Lipinski definition) is 1. The van der Waals surface area contributed by atoms with E-state index >= 15 is 0 Å². The zero-order valence-corrected chi connectivity index (χ0v) is 10.9. The van der Waals surface area contributed by atoms with Gasteiger partial charge in [0.1, 0.15) is 0 Å². The molecule has 0 amide bonds. The molecule has 1 saturated carbocycles. The molecule has 3 unspecified atom stereocenters. The van der Waals surface area contributed by atoms with Crippen LogP contribution in [0.15, 0.2) is 0 Å². The van der Waals surface area contributed by atoms with Crippen molar-refractivity contribution in [3.05, 3.63) is 0 Å². The second-order valence-corrected chi connectivity index (χ2v) is 5.12. The van der Waals surface area contributed by atoms with Crippen LogP contribution in [0.2, 0.25) is 0 Å². The Labute approximate surface area is 99.1 Å². The van der Waals surface area contributed by atoms with Crippen molar-refractivity contribution in [2.45, 2.75) is 57.2 Å². The zero-order valence-electron chi connectivity index (χ0n) is 10.9. The average Bonchev–Trinajstić information content (AvgIpc) is 2.29. The van der Waals surface area contributed by atoms with Crippen LogP contribution in [0.25, 0.3) is 0 Å². The smallest absolute Gasteiger partial charge is 0.0938 e. The lowest BCUT2D eigenvalue weighted by molar-refractivity contribution is -0.134. The first-order valence-corrected chi connectivity index (χ1v) is 6.37. The molecule has 0 aliphatic heterocycles. The fourth-order valence-electron chi connectivity index (χ4n) is 2.85. The quantitative estimate of drug-likeness (QED) is 0.712. The van der Waals surface area contributed by atoms with E-state index in [1.165, 1.54) is 6.42 Å². The molecule has 0 aromatic rings. The molecule has 0 heterocycles. The van der Waals surface area contributed by atoms with Crippen LogP contribution in [0.1, 0.15) is 45.4 Å². The largest absolute Gasteiger partial charge is 0.390 e. The Bertz CT molecular complexity index is 196. The summed E-state index contributed by atoms with van der Waals surface area (Å²) in [7, 11) is 3.43. The highest BCUT2D eigenvalue weighted by atomic mass is 16.5. The van der Waals surface area contributed by atoms with E-state index in [2.05, 4.69) is 6.92 Å². The molecule has 1 N–H and O–H groups in total. The van der Waals surface area contributed by atoms with Gasteiger partial charge in [0.25, 0.3) is 0 Å². The minimum atomic E-state index is -0.351.